The second kappa shape index (κ2) is 6.51. The van der Waals surface area contributed by atoms with Gasteiger partial charge in [0.2, 0.25) is 0 Å². The molecule has 0 amide bonds. The van der Waals surface area contributed by atoms with Crippen molar-refractivity contribution in [3.63, 3.8) is 0 Å². The maximum absolute atomic E-state index is 11.9. The molecule has 0 aromatic rings. The van der Waals surface area contributed by atoms with Crippen molar-refractivity contribution in [3.05, 3.63) is 0 Å². The van der Waals surface area contributed by atoms with E-state index >= 15 is 0 Å². The molecule has 21 heavy (non-hydrogen) atoms. The molecule has 0 spiro atoms. The Hall–Kier alpha value is -0.193. The molecule has 0 N–H and O–H groups in total. The van der Waals surface area contributed by atoms with Gasteiger partial charge in [-0.1, -0.05) is 33.5 Å². The van der Waals surface area contributed by atoms with E-state index in [-0.39, 0.29) is 17.4 Å². The van der Waals surface area contributed by atoms with Crippen LogP contribution in [0.15, 0.2) is 0 Å². The van der Waals surface area contributed by atoms with Gasteiger partial charge in [-0.2, -0.15) is 0 Å². The summed E-state index contributed by atoms with van der Waals surface area (Å²) in [5, 5.41) is 0. The molecular weight excluding hydrogens is 280 g/mol. The molecule has 2 aliphatic carbocycles. The number of hydrogen-bond acceptors (Lipinski definition) is 3. The van der Waals surface area contributed by atoms with Crippen LogP contribution >= 0.6 is 0 Å². The first-order chi connectivity index (χ1) is 9.74. The van der Waals surface area contributed by atoms with Crippen molar-refractivity contribution in [3.8, 4) is 0 Å². The lowest BCUT2D eigenvalue weighted by Crippen LogP contribution is -2.43. The molecule has 2 saturated carbocycles. The van der Waals surface area contributed by atoms with Crippen molar-refractivity contribution in [2.24, 2.45) is 17.3 Å². The van der Waals surface area contributed by atoms with Gasteiger partial charge < -0.3 is 9.47 Å². The van der Waals surface area contributed by atoms with Gasteiger partial charge in [-0.05, 0) is 36.6 Å². The molecule has 2 aliphatic rings. The molecule has 2 fully saturated rings. The fourth-order valence-corrected chi connectivity index (χ4v) is 4.84. The Kier molecular flexibility index (Phi) is 5.32. The van der Waals surface area contributed by atoms with Crippen LogP contribution in [-0.2, 0) is 14.3 Å². The van der Waals surface area contributed by atoms with Crippen LogP contribution in [0.5, 0.6) is 0 Å². The number of Topliss-reactive ketones (excluding diaryl/α,β-unsaturated/α-hetero) is 1. The molecule has 2 rings (SSSR count). The lowest BCUT2D eigenvalue weighted by molar-refractivity contribution is -0.144. The largest absolute Gasteiger partial charge is 0.356 e. The molecular formula is C17H32O3Si. The summed E-state index contributed by atoms with van der Waals surface area (Å²) in [6.45, 7) is 12.7. The molecule has 3 nitrogen and oxygen atoms in total. The van der Waals surface area contributed by atoms with Crippen LogP contribution in [0.25, 0.3) is 0 Å². The van der Waals surface area contributed by atoms with E-state index in [1.54, 1.807) is 0 Å². The molecule has 122 valence electrons. The van der Waals surface area contributed by atoms with Gasteiger partial charge in [0.25, 0.3) is 0 Å². The topological polar surface area (TPSA) is 35.5 Å². The van der Waals surface area contributed by atoms with E-state index in [4.69, 9.17) is 9.47 Å². The highest BCUT2D eigenvalue weighted by Crippen LogP contribution is 2.54. The van der Waals surface area contributed by atoms with Crippen molar-refractivity contribution >= 4 is 13.9 Å². The molecule has 1 unspecified atom stereocenters. The fraction of sp³-hybridized carbons (Fsp3) is 0.941. The summed E-state index contributed by atoms with van der Waals surface area (Å²) < 4.78 is 11.7. The van der Waals surface area contributed by atoms with E-state index in [2.05, 4.69) is 33.5 Å². The van der Waals surface area contributed by atoms with Gasteiger partial charge in [-0.3, -0.25) is 4.79 Å². The minimum Gasteiger partial charge on any atom is -0.356 e. The molecule has 4 heteroatoms. The predicted octanol–water partition coefficient (Wildman–Crippen LogP) is 4.10. The molecule has 0 saturated heterocycles. The number of hydrogen-bond donors (Lipinski definition) is 0. The average molecular weight is 313 g/mol. The molecule has 0 aliphatic heterocycles. The second-order valence-electron chi connectivity index (χ2n) is 8.44. The number of ether oxygens (including phenoxy) is 2. The number of carbonyl (C=O) groups is 1. The third-order valence-electron chi connectivity index (χ3n) is 5.69. The summed E-state index contributed by atoms with van der Waals surface area (Å²) in [5.41, 5.74) is 0.176. The van der Waals surface area contributed by atoms with Crippen LogP contribution in [0, 0.1) is 17.3 Å². The molecule has 0 aromatic carbocycles. The van der Waals surface area contributed by atoms with Gasteiger partial charge in [0.15, 0.2) is 0 Å². The van der Waals surface area contributed by atoms with Crippen molar-refractivity contribution in [2.45, 2.75) is 71.3 Å². The third-order valence-corrected chi connectivity index (χ3v) is 7.40. The highest BCUT2D eigenvalue weighted by molar-refractivity contribution is 6.76. The van der Waals surface area contributed by atoms with Gasteiger partial charge in [0, 0.05) is 27.0 Å². The zero-order chi connectivity index (χ0) is 15.7. The quantitative estimate of drug-likeness (QED) is 0.421. The van der Waals surface area contributed by atoms with E-state index in [1.165, 1.54) is 6.04 Å². The predicted molar refractivity (Wildman–Crippen MR) is 88.1 cm³/mol. The van der Waals surface area contributed by atoms with E-state index in [1.807, 2.05) is 0 Å². The van der Waals surface area contributed by atoms with E-state index in [9.17, 15) is 4.79 Å². The monoisotopic (exact) mass is 312 g/mol. The first-order valence-electron chi connectivity index (χ1n) is 8.46. The van der Waals surface area contributed by atoms with Gasteiger partial charge in [-0.25, -0.2) is 0 Å². The maximum atomic E-state index is 11.9. The van der Waals surface area contributed by atoms with Crippen LogP contribution in [0.1, 0.15) is 39.5 Å². The van der Waals surface area contributed by atoms with Crippen molar-refractivity contribution < 1.29 is 14.3 Å². The number of fused-ring (bicyclic) bond motifs is 1. The summed E-state index contributed by atoms with van der Waals surface area (Å²) in [7, 11) is -1.02. The first kappa shape index (κ1) is 17.2. The summed E-state index contributed by atoms with van der Waals surface area (Å²) in [4.78, 5) is 11.9. The third kappa shape index (κ3) is 3.96. The molecule has 0 radical (unpaired) electrons. The SMILES string of the molecule is CC1C(=O)CC[C@]2(C)[C@@H](OCOCC[Si](C)(C)C)CC[C@H]12. The normalized spacial score (nSPS) is 36.8. The van der Waals surface area contributed by atoms with Crippen molar-refractivity contribution in [1.82, 2.24) is 0 Å². The highest BCUT2D eigenvalue weighted by atomic mass is 28.3. The van der Waals surface area contributed by atoms with Gasteiger partial charge in [0.05, 0.1) is 6.10 Å². The zero-order valence-corrected chi connectivity index (χ0v) is 15.4. The minimum absolute atomic E-state index is 0.176. The van der Waals surface area contributed by atoms with E-state index in [0.717, 1.165) is 32.3 Å². The van der Waals surface area contributed by atoms with Crippen molar-refractivity contribution in [1.29, 1.82) is 0 Å². The minimum atomic E-state index is -1.02. The maximum Gasteiger partial charge on any atom is 0.147 e. The Morgan fingerprint density at radius 1 is 1.29 bits per heavy atom. The molecule has 0 bridgehead atoms. The second-order valence-corrected chi connectivity index (χ2v) is 14.1. The summed E-state index contributed by atoms with van der Waals surface area (Å²) >= 11 is 0. The Morgan fingerprint density at radius 3 is 2.67 bits per heavy atom. The average Bonchev–Trinajstić information content (AvgIpc) is 2.71. The van der Waals surface area contributed by atoms with Gasteiger partial charge in [0.1, 0.15) is 12.6 Å². The van der Waals surface area contributed by atoms with Crippen LogP contribution in [-0.4, -0.2) is 33.4 Å². The lowest BCUT2D eigenvalue weighted by Gasteiger charge is -2.42. The molecule has 0 aromatic heterocycles. The number of rotatable bonds is 6. The standard InChI is InChI=1S/C17H32O3Si/c1-13-14-6-7-16(17(14,2)9-8-15(13)18)20-12-19-10-11-21(3,4)5/h13-14,16H,6-12H2,1-5H3/t13?,14-,16+,17+/m1/s1. The van der Waals surface area contributed by atoms with Crippen LogP contribution < -0.4 is 0 Å². The number of ketones is 1. The summed E-state index contributed by atoms with van der Waals surface area (Å²) in [6, 6.07) is 1.19. The Bertz CT molecular complexity index is 377. The number of carbonyl (C=O) groups excluding carboxylic acids is 1. The molecule has 4 atom stereocenters. The van der Waals surface area contributed by atoms with Gasteiger partial charge >= 0.3 is 0 Å². The Morgan fingerprint density at radius 2 is 2.00 bits per heavy atom. The van der Waals surface area contributed by atoms with Gasteiger partial charge in [-0.15, -0.1) is 0 Å². The summed E-state index contributed by atoms with van der Waals surface area (Å²) in [6.07, 6.45) is 4.19. The van der Waals surface area contributed by atoms with Crippen molar-refractivity contribution in [2.75, 3.05) is 13.4 Å². The zero-order valence-electron chi connectivity index (χ0n) is 14.4. The Balaban J connectivity index is 1.79. The lowest BCUT2D eigenvalue weighted by atomic mass is 9.64. The van der Waals surface area contributed by atoms with Crippen LogP contribution in [0.3, 0.4) is 0 Å². The summed E-state index contributed by atoms with van der Waals surface area (Å²) in [5.74, 6) is 1.17. The van der Waals surface area contributed by atoms with E-state index < -0.39 is 8.07 Å². The van der Waals surface area contributed by atoms with E-state index in [0.29, 0.717) is 18.5 Å². The molecule has 0 heterocycles. The van der Waals surface area contributed by atoms with Crippen LogP contribution in [0.4, 0.5) is 0 Å². The highest BCUT2D eigenvalue weighted by Gasteiger charge is 2.53. The first-order valence-corrected chi connectivity index (χ1v) is 12.2. The fourth-order valence-electron chi connectivity index (χ4n) is 4.08. The Labute approximate surface area is 130 Å². The van der Waals surface area contributed by atoms with Crippen LogP contribution in [0.2, 0.25) is 25.7 Å². The smallest absolute Gasteiger partial charge is 0.147 e.